The molecule has 0 N–H and O–H groups in total. The molecule has 2 heteroatoms. The topological polar surface area (TPSA) is 26.3 Å². The Hall–Kier alpha value is -1.83. The predicted octanol–water partition coefficient (Wildman–Crippen LogP) is 3.42. The van der Waals surface area contributed by atoms with Crippen LogP contribution in [0.5, 0.6) is 0 Å². The molecule has 0 heterocycles. The van der Waals surface area contributed by atoms with Gasteiger partial charge in [0.1, 0.15) is 0 Å². The Bertz CT molecular complexity index is 500. The Morgan fingerprint density at radius 2 is 1.94 bits per heavy atom. The maximum absolute atomic E-state index is 9.99. The quantitative estimate of drug-likeness (QED) is 0.731. The molecule has 1 atom stereocenters. The molecule has 1 radical (unpaired) electrons. The van der Waals surface area contributed by atoms with Crippen LogP contribution < -0.4 is 0 Å². The van der Waals surface area contributed by atoms with Crippen molar-refractivity contribution in [3.8, 4) is 0 Å². The molecule has 0 aliphatic rings. The van der Waals surface area contributed by atoms with Gasteiger partial charge in [-0.2, -0.15) is 0 Å². The molecule has 0 saturated heterocycles. The summed E-state index contributed by atoms with van der Waals surface area (Å²) in [6.45, 7) is 4.03. The van der Waals surface area contributed by atoms with E-state index in [0.29, 0.717) is 12.5 Å². The van der Waals surface area contributed by atoms with Crippen molar-refractivity contribution in [1.82, 2.24) is 0 Å². The van der Waals surface area contributed by atoms with E-state index < -0.39 is 0 Å². The van der Waals surface area contributed by atoms with Crippen LogP contribution in [-0.4, -0.2) is 13.1 Å². The van der Waals surface area contributed by atoms with Gasteiger partial charge in [-0.25, -0.2) is 4.79 Å². The first-order valence-electron chi connectivity index (χ1n) is 5.79. The third-order valence-electron chi connectivity index (χ3n) is 3.07. The van der Waals surface area contributed by atoms with E-state index in [1.165, 1.54) is 22.8 Å². The third-order valence-corrected chi connectivity index (χ3v) is 3.07. The highest BCUT2D eigenvalue weighted by molar-refractivity contribution is 5.86. The average molecular weight is 227 g/mol. The molecule has 2 aromatic rings. The van der Waals surface area contributed by atoms with Crippen molar-refractivity contribution in [2.45, 2.75) is 19.3 Å². The first-order valence-corrected chi connectivity index (χ1v) is 5.79. The van der Waals surface area contributed by atoms with E-state index in [4.69, 9.17) is 0 Å². The summed E-state index contributed by atoms with van der Waals surface area (Å²) in [6.07, 6.45) is 0.823. The summed E-state index contributed by atoms with van der Waals surface area (Å²) < 4.78 is 4.63. The lowest BCUT2D eigenvalue weighted by Crippen LogP contribution is -2.00. The Balaban J connectivity index is 2.25. The third kappa shape index (κ3) is 2.64. The van der Waals surface area contributed by atoms with Crippen LogP contribution >= 0.6 is 0 Å². The molecule has 0 spiro atoms. The molecule has 87 valence electrons. The summed E-state index contributed by atoms with van der Waals surface area (Å²) in [7, 11) is 0. The molecular formula is C15H15O2. The molecule has 2 rings (SSSR count). The predicted molar refractivity (Wildman–Crippen MR) is 68.6 cm³/mol. The fraction of sp³-hybridized carbons (Fsp3) is 0.267. The SMILES string of the molecule is CC(CCO[C]=O)c1cccc2ccccc12. The number of benzene rings is 2. The minimum absolute atomic E-state index is 0.370. The molecule has 17 heavy (non-hydrogen) atoms. The Morgan fingerprint density at radius 1 is 1.18 bits per heavy atom. The lowest BCUT2D eigenvalue weighted by molar-refractivity contribution is 0.266. The van der Waals surface area contributed by atoms with Crippen LogP contribution in [0.4, 0.5) is 0 Å². The molecule has 0 aliphatic heterocycles. The second-order valence-corrected chi connectivity index (χ2v) is 4.19. The van der Waals surface area contributed by atoms with Gasteiger partial charge in [0.05, 0.1) is 6.61 Å². The van der Waals surface area contributed by atoms with Crippen molar-refractivity contribution in [2.75, 3.05) is 6.61 Å². The summed E-state index contributed by atoms with van der Waals surface area (Å²) in [5, 5.41) is 2.53. The molecule has 0 saturated carbocycles. The van der Waals surface area contributed by atoms with E-state index >= 15 is 0 Å². The van der Waals surface area contributed by atoms with Gasteiger partial charge in [-0.05, 0) is 28.7 Å². The molecule has 2 aromatic carbocycles. The fourth-order valence-electron chi connectivity index (χ4n) is 2.11. The van der Waals surface area contributed by atoms with E-state index in [1.807, 2.05) is 12.1 Å². The number of rotatable bonds is 5. The molecular weight excluding hydrogens is 212 g/mol. The van der Waals surface area contributed by atoms with E-state index in [1.54, 1.807) is 0 Å². The van der Waals surface area contributed by atoms with Crippen LogP contribution in [0.3, 0.4) is 0 Å². The van der Waals surface area contributed by atoms with Gasteiger partial charge in [-0.15, -0.1) is 0 Å². The largest absolute Gasteiger partial charge is 0.457 e. The molecule has 0 fully saturated rings. The zero-order valence-corrected chi connectivity index (χ0v) is 9.85. The molecule has 0 amide bonds. The smallest absolute Gasteiger partial charge is 0.417 e. The second-order valence-electron chi connectivity index (χ2n) is 4.19. The average Bonchev–Trinajstić information content (AvgIpc) is 2.38. The van der Waals surface area contributed by atoms with Crippen LogP contribution in [0.25, 0.3) is 10.8 Å². The van der Waals surface area contributed by atoms with Crippen molar-refractivity contribution in [3.05, 3.63) is 48.0 Å². The molecule has 1 unspecified atom stereocenters. The van der Waals surface area contributed by atoms with Crippen LogP contribution in [0.2, 0.25) is 0 Å². The number of carbonyl (C=O) groups excluding carboxylic acids is 1. The number of fused-ring (bicyclic) bond motifs is 1. The zero-order valence-electron chi connectivity index (χ0n) is 9.85. The van der Waals surface area contributed by atoms with Gasteiger partial charge in [-0.1, -0.05) is 49.4 Å². The Morgan fingerprint density at radius 3 is 2.76 bits per heavy atom. The van der Waals surface area contributed by atoms with Crippen molar-refractivity contribution < 1.29 is 9.53 Å². The van der Waals surface area contributed by atoms with Crippen LogP contribution in [0, 0.1) is 0 Å². The number of hydrogen-bond acceptors (Lipinski definition) is 2. The minimum atomic E-state index is 0.370. The van der Waals surface area contributed by atoms with Gasteiger partial charge in [0.25, 0.3) is 0 Å². The minimum Gasteiger partial charge on any atom is -0.457 e. The lowest BCUT2D eigenvalue weighted by Gasteiger charge is -2.13. The van der Waals surface area contributed by atoms with E-state index in [2.05, 4.69) is 42.0 Å². The summed E-state index contributed by atoms with van der Waals surface area (Å²) in [6, 6.07) is 14.7. The van der Waals surface area contributed by atoms with Crippen LogP contribution in [-0.2, 0) is 9.53 Å². The Kier molecular flexibility index (Phi) is 3.76. The lowest BCUT2D eigenvalue weighted by atomic mass is 9.93. The fourth-order valence-corrected chi connectivity index (χ4v) is 2.11. The summed E-state index contributed by atoms with van der Waals surface area (Å²) in [5.74, 6) is 0.370. The first-order chi connectivity index (χ1) is 8.33. The molecule has 0 bridgehead atoms. The van der Waals surface area contributed by atoms with Gasteiger partial charge in [-0.3, -0.25) is 0 Å². The number of ether oxygens (including phenoxy) is 1. The van der Waals surface area contributed by atoms with Gasteiger partial charge < -0.3 is 4.74 Å². The van der Waals surface area contributed by atoms with Gasteiger partial charge in [0, 0.05) is 0 Å². The van der Waals surface area contributed by atoms with Gasteiger partial charge in [0.2, 0.25) is 0 Å². The monoisotopic (exact) mass is 227 g/mol. The summed E-state index contributed by atoms with van der Waals surface area (Å²) in [5.41, 5.74) is 1.30. The van der Waals surface area contributed by atoms with Crippen molar-refractivity contribution in [3.63, 3.8) is 0 Å². The van der Waals surface area contributed by atoms with E-state index in [9.17, 15) is 4.79 Å². The normalized spacial score (nSPS) is 12.3. The highest BCUT2D eigenvalue weighted by Gasteiger charge is 2.08. The maximum Gasteiger partial charge on any atom is 0.417 e. The zero-order chi connectivity index (χ0) is 12.1. The van der Waals surface area contributed by atoms with Crippen LogP contribution in [0.15, 0.2) is 42.5 Å². The van der Waals surface area contributed by atoms with Crippen molar-refractivity contribution in [2.24, 2.45) is 0 Å². The van der Waals surface area contributed by atoms with E-state index in [-0.39, 0.29) is 0 Å². The molecule has 0 aliphatic carbocycles. The highest BCUT2D eigenvalue weighted by atomic mass is 16.5. The van der Waals surface area contributed by atoms with Crippen molar-refractivity contribution >= 4 is 17.2 Å². The first kappa shape index (κ1) is 11.6. The second kappa shape index (κ2) is 5.48. The Labute approximate surface area is 101 Å². The summed E-state index contributed by atoms with van der Waals surface area (Å²) in [4.78, 5) is 9.99. The van der Waals surface area contributed by atoms with Crippen molar-refractivity contribution in [1.29, 1.82) is 0 Å². The van der Waals surface area contributed by atoms with Gasteiger partial charge >= 0.3 is 6.47 Å². The molecule has 2 nitrogen and oxygen atoms in total. The maximum atomic E-state index is 9.99. The molecule has 0 aromatic heterocycles. The highest BCUT2D eigenvalue weighted by Crippen LogP contribution is 2.27. The summed E-state index contributed by atoms with van der Waals surface area (Å²) >= 11 is 0. The standard InChI is InChI=1S/C15H15O2/c1-12(9-10-17-11-16)14-8-4-6-13-5-2-3-7-15(13)14/h2-8,12H,9-10H2,1H3. The van der Waals surface area contributed by atoms with Crippen LogP contribution in [0.1, 0.15) is 24.8 Å². The van der Waals surface area contributed by atoms with E-state index in [0.717, 1.165) is 6.42 Å². The van der Waals surface area contributed by atoms with Gasteiger partial charge in [0.15, 0.2) is 0 Å². The number of hydrogen-bond donors (Lipinski definition) is 0.